The topological polar surface area (TPSA) is 27.7 Å². The predicted molar refractivity (Wildman–Crippen MR) is 85.2 cm³/mol. The van der Waals surface area contributed by atoms with E-state index in [1.54, 1.807) is 7.11 Å². The van der Waals surface area contributed by atoms with Gasteiger partial charge in [0.05, 0.1) is 22.2 Å². The van der Waals surface area contributed by atoms with Crippen LogP contribution in [0.4, 0.5) is 0 Å². The molecule has 106 valence electrons. The summed E-state index contributed by atoms with van der Waals surface area (Å²) in [7, 11) is 1.67. The van der Waals surface area contributed by atoms with Gasteiger partial charge < -0.3 is 14.2 Å². The third-order valence-electron chi connectivity index (χ3n) is 2.97. The van der Waals surface area contributed by atoms with E-state index in [1.165, 1.54) is 0 Å². The number of halogens is 3. The molecule has 0 spiro atoms. The predicted octanol–water partition coefficient (Wildman–Crippen LogP) is 4.16. The highest BCUT2D eigenvalue weighted by Gasteiger charge is 2.42. The molecule has 3 atom stereocenters. The van der Waals surface area contributed by atoms with Crippen molar-refractivity contribution in [3.63, 3.8) is 0 Å². The molecule has 1 saturated carbocycles. The van der Waals surface area contributed by atoms with Crippen molar-refractivity contribution < 1.29 is 14.2 Å². The minimum absolute atomic E-state index is 0.0640. The average Bonchev–Trinajstić information content (AvgIpc) is 2.37. The fourth-order valence-electron chi connectivity index (χ4n) is 1.87. The van der Waals surface area contributed by atoms with Gasteiger partial charge in [-0.2, -0.15) is 0 Å². The normalized spacial score (nSPS) is 26.0. The number of rotatable bonds is 6. The summed E-state index contributed by atoms with van der Waals surface area (Å²) < 4.78 is 18.7. The first kappa shape index (κ1) is 15.8. The zero-order chi connectivity index (χ0) is 13.8. The van der Waals surface area contributed by atoms with Crippen molar-refractivity contribution in [2.45, 2.75) is 23.5 Å². The van der Waals surface area contributed by atoms with Crippen LogP contribution in [0.15, 0.2) is 27.1 Å². The molecule has 2 rings (SSSR count). The Bertz CT molecular complexity index is 407. The fourth-order valence-corrected chi connectivity index (χ4v) is 3.91. The second-order valence-electron chi connectivity index (χ2n) is 4.29. The number of benzene rings is 1. The van der Waals surface area contributed by atoms with Crippen LogP contribution in [-0.2, 0) is 9.47 Å². The molecular weight excluding hydrogens is 444 g/mol. The summed E-state index contributed by atoms with van der Waals surface area (Å²) in [6.07, 6.45) is 1.07. The number of hydrogen-bond acceptors (Lipinski definition) is 3. The molecule has 1 aromatic rings. The van der Waals surface area contributed by atoms with Crippen LogP contribution in [0, 0.1) is 0 Å². The Kier molecular flexibility index (Phi) is 6.14. The highest BCUT2D eigenvalue weighted by molar-refractivity contribution is 9.11. The lowest BCUT2D eigenvalue weighted by Gasteiger charge is -2.41. The van der Waals surface area contributed by atoms with Gasteiger partial charge in [0, 0.05) is 18.4 Å². The maximum atomic E-state index is 6.04. The first-order valence-electron chi connectivity index (χ1n) is 5.98. The minimum atomic E-state index is 0.0640. The average molecular weight is 459 g/mol. The number of para-hydroxylation sites is 1. The molecule has 19 heavy (non-hydrogen) atoms. The van der Waals surface area contributed by atoms with Gasteiger partial charge in [0.25, 0.3) is 0 Å². The molecule has 0 aromatic heterocycles. The van der Waals surface area contributed by atoms with Crippen molar-refractivity contribution in [3.05, 3.63) is 27.1 Å². The Morgan fingerprint density at radius 3 is 2.47 bits per heavy atom. The zero-order valence-electron chi connectivity index (χ0n) is 10.4. The van der Waals surface area contributed by atoms with Crippen molar-refractivity contribution >= 4 is 47.8 Å². The first-order valence-corrected chi connectivity index (χ1v) is 8.49. The lowest BCUT2D eigenvalue weighted by atomic mass is 9.91. The van der Waals surface area contributed by atoms with E-state index in [4.69, 9.17) is 14.2 Å². The van der Waals surface area contributed by atoms with E-state index in [9.17, 15) is 0 Å². The second-order valence-corrected chi connectivity index (χ2v) is 7.17. The van der Waals surface area contributed by atoms with Crippen LogP contribution in [0.25, 0.3) is 0 Å². The molecule has 0 saturated heterocycles. The first-order chi connectivity index (χ1) is 9.13. The number of ether oxygens (including phenoxy) is 3. The SMILES string of the molecule is COCCOC1C(Br)CC1Oc1c(Br)cccc1Br. The minimum Gasteiger partial charge on any atom is -0.485 e. The van der Waals surface area contributed by atoms with Gasteiger partial charge in [0.1, 0.15) is 18.0 Å². The summed E-state index contributed by atoms with van der Waals surface area (Å²) >= 11 is 10.6. The monoisotopic (exact) mass is 456 g/mol. The molecule has 1 fully saturated rings. The number of methoxy groups -OCH3 is 1. The van der Waals surface area contributed by atoms with E-state index < -0.39 is 0 Å². The molecule has 0 amide bonds. The Morgan fingerprint density at radius 2 is 1.89 bits per heavy atom. The molecule has 1 aliphatic rings. The quantitative estimate of drug-likeness (QED) is 0.473. The van der Waals surface area contributed by atoms with E-state index >= 15 is 0 Å². The summed E-state index contributed by atoms with van der Waals surface area (Å²) in [4.78, 5) is 0.343. The van der Waals surface area contributed by atoms with Gasteiger partial charge in [0.15, 0.2) is 0 Å². The third-order valence-corrected chi connectivity index (χ3v) is 5.11. The largest absolute Gasteiger partial charge is 0.485 e. The van der Waals surface area contributed by atoms with Gasteiger partial charge in [-0.25, -0.2) is 0 Å². The van der Waals surface area contributed by atoms with Crippen molar-refractivity contribution in [2.75, 3.05) is 20.3 Å². The van der Waals surface area contributed by atoms with Crippen molar-refractivity contribution in [3.8, 4) is 5.75 Å². The summed E-state index contributed by atoms with van der Waals surface area (Å²) in [6.45, 7) is 1.18. The number of hydrogen-bond donors (Lipinski definition) is 0. The van der Waals surface area contributed by atoms with Crippen LogP contribution in [0.5, 0.6) is 5.75 Å². The van der Waals surface area contributed by atoms with Crippen LogP contribution in [0.2, 0.25) is 0 Å². The summed E-state index contributed by atoms with van der Waals surface area (Å²) in [5, 5.41) is 0. The molecule has 1 aliphatic carbocycles. The maximum absolute atomic E-state index is 6.04. The molecule has 3 unspecified atom stereocenters. The van der Waals surface area contributed by atoms with Crippen LogP contribution in [0.3, 0.4) is 0 Å². The molecule has 0 heterocycles. The van der Waals surface area contributed by atoms with Crippen LogP contribution in [0.1, 0.15) is 6.42 Å². The summed E-state index contributed by atoms with van der Waals surface area (Å²) in [5.74, 6) is 0.826. The molecule has 0 bridgehead atoms. The Balaban J connectivity index is 1.95. The molecule has 0 radical (unpaired) electrons. The Labute approximate surface area is 138 Å². The highest BCUT2D eigenvalue weighted by atomic mass is 79.9. The van der Waals surface area contributed by atoms with Crippen LogP contribution >= 0.6 is 47.8 Å². The smallest absolute Gasteiger partial charge is 0.148 e. The zero-order valence-corrected chi connectivity index (χ0v) is 15.2. The van der Waals surface area contributed by atoms with E-state index in [0.717, 1.165) is 21.1 Å². The Hall–Kier alpha value is 0.380. The molecule has 3 nitrogen and oxygen atoms in total. The van der Waals surface area contributed by atoms with E-state index in [2.05, 4.69) is 47.8 Å². The fraction of sp³-hybridized carbons (Fsp3) is 0.538. The lowest BCUT2D eigenvalue weighted by molar-refractivity contribution is -0.0869. The van der Waals surface area contributed by atoms with Crippen molar-refractivity contribution in [1.82, 2.24) is 0 Å². The standard InChI is InChI=1S/C13H15Br3O3/c1-17-5-6-18-13-10(16)7-11(13)19-12-8(14)3-2-4-9(12)15/h2-4,10-11,13H,5-7H2,1H3. The number of alkyl halides is 1. The van der Waals surface area contributed by atoms with Gasteiger partial charge >= 0.3 is 0 Å². The van der Waals surface area contributed by atoms with Gasteiger partial charge in [-0.1, -0.05) is 22.0 Å². The van der Waals surface area contributed by atoms with Gasteiger partial charge in [0.2, 0.25) is 0 Å². The lowest BCUT2D eigenvalue weighted by Crippen LogP contribution is -2.52. The highest BCUT2D eigenvalue weighted by Crippen LogP contribution is 2.39. The van der Waals surface area contributed by atoms with Crippen molar-refractivity contribution in [1.29, 1.82) is 0 Å². The van der Waals surface area contributed by atoms with E-state index in [0.29, 0.717) is 18.0 Å². The Morgan fingerprint density at radius 1 is 1.21 bits per heavy atom. The van der Waals surface area contributed by atoms with Gasteiger partial charge in [-0.15, -0.1) is 0 Å². The van der Waals surface area contributed by atoms with E-state index in [1.807, 2.05) is 18.2 Å². The van der Waals surface area contributed by atoms with Crippen LogP contribution < -0.4 is 4.74 Å². The van der Waals surface area contributed by atoms with Crippen LogP contribution in [-0.4, -0.2) is 37.4 Å². The molecule has 1 aromatic carbocycles. The molecule has 0 aliphatic heterocycles. The summed E-state index contributed by atoms with van der Waals surface area (Å²) in [6, 6.07) is 5.89. The van der Waals surface area contributed by atoms with Gasteiger partial charge in [-0.3, -0.25) is 0 Å². The maximum Gasteiger partial charge on any atom is 0.148 e. The van der Waals surface area contributed by atoms with Gasteiger partial charge in [-0.05, 0) is 44.0 Å². The van der Waals surface area contributed by atoms with Crippen molar-refractivity contribution in [2.24, 2.45) is 0 Å². The molecule has 0 N–H and O–H groups in total. The summed E-state index contributed by atoms with van der Waals surface area (Å²) in [5.41, 5.74) is 0. The second kappa shape index (κ2) is 7.41. The van der Waals surface area contributed by atoms with E-state index in [-0.39, 0.29) is 12.2 Å². The molecular formula is C13H15Br3O3. The third kappa shape index (κ3) is 3.94. The molecule has 6 heteroatoms.